The van der Waals surface area contributed by atoms with Gasteiger partial charge in [0.15, 0.2) is 0 Å². The van der Waals surface area contributed by atoms with Crippen LogP contribution in [0.1, 0.15) is 108 Å². The summed E-state index contributed by atoms with van der Waals surface area (Å²) in [6, 6.07) is 7.66. The number of nitriles is 1. The number of hydrogen-bond donors (Lipinski definition) is 2. The summed E-state index contributed by atoms with van der Waals surface area (Å²) >= 11 is 0.636. The standard InChI is InChI=1S/C40H48F3N7O6S/c1-23-17-25(18-24(2)48(23)22-35(52)46-27-6-13-33(45-21-27)31-12-14-34(51)47-36(31)53)15-16-56-29-9-7-28(8-10-29)49-38(55)50(37(54)39(49,3)4)57-30-11-5-26(20-44)32(19-30)40(41,42)43/h5-6,11,13,19,21,23-25,28-29,31H,7-10,12,14-18,22H2,1-4H3,(H,46,52)(H,47,51,53). The van der Waals surface area contributed by atoms with Gasteiger partial charge in [0.1, 0.15) is 5.54 Å². The Balaban J connectivity index is 0.929. The van der Waals surface area contributed by atoms with Crippen LogP contribution in [0.25, 0.3) is 0 Å². The molecule has 13 nitrogen and oxygen atoms in total. The van der Waals surface area contributed by atoms with Gasteiger partial charge in [-0.1, -0.05) is 0 Å². The molecule has 1 aliphatic carbocycles. The Labute approximate surface area is 334 Å². The molecule has 306 valence electrons. The van der Waals surface area contributed by atoms with E-state index in [9.17, 15) is 37.1 Å². The molecular formula is C40H48F3N7O6S. The Morgan fingerprint density at radius 3 is 2.37 bits per heavy atom. The minimum atomic E-state index is -4.76. The molecule has 0 spiro atoms. The van der Waals surface area contributed by atoms with Crippen LogP contribution in [-0.4, -0.2) is 91.7 Å². The van der Waals surface area contributed by atoms with Crippen LogP contribution in [0.2, 0.25) is 0 Å². The third kappa shape index (κ3) is 9.45. The Kier molecular flexibility index (Phi) is 12.7. The lowest BCUT2D eigenvalue weighted by atomic mass is 9.85. The fraction of sp³-hybridized carbons (Fsp3) is 0.575. The number of ether oxygens (including phenoxy) is 1. The summed E-state index contributed by atoms with van der Waals surface area (Å²) in [5.41, 5.74) is -1.75. The summed E-state index contributed by atoms with van der Waals surface area (Å²) in [5.74, 6) is -1.37. The van der Waals surface area contributed by atoms with Crippen molar-refractivity contribution in [1.29, 1.82) is 5.26 Å². The molecular weight excluding hydrogens is 764 g/mol. The molecule has 4 heterocycles. The van der Waals surface area contributed by atoms with Gasteiger partial charge in [-0.25, -0.2) is 4.79 Å². The SMILES string of the molecule is CC1CC(CCOC2CCC(N3C(=O)N(Sc4ccc(C#N)c(C(F)(F)F)c4)C(=O)C3(C)C)CC2)CC(C)N1CC(=O)Nc1ccc(C2CCC(=O)NC2=O)nc1. The second kappa shape index (κ2) is 17.1. The summed E-state index contributed by atoms with van der Waals surface area (Å²) in [4.78, 5) is 71.8. The average molecular weight is 812 g/mol. The molecule has 2 aromatic rings. The summed E-state index contributed by atoms with van der Waals surface area (Å²) in [6.45, 7) is 8.38. The highest BCUT2D eigenvalue weighted by Gasteiger charge is 2.55. The average Bonchev–Trinajstić information content (AvgIpc) is 3.32. The van der Waals surface area contributed by atoms with Gasteiger partial charge in [0.05, 0.1) is 53.3 Å². The molecule has 17 heteroatoms. The number of pyridine rings is 1. The molecule has 1 saturated carbocycles. The van der Waals surface area contributed by atoms with Crippen molar-refractivity contribution in [3.63, 3.8) is 0 Å². The van der Waals surface area contributed by atoms with Gasteiger partial charge >= 0.3 is 12.2 Å². The predicted molar refractivity (Wildman–Crippen MR) is 203 cm³/mol. The zero-order valence-corrected chi connectivity index (χ0v) is 33.3. The lowest BCUT2D eigenvalue weighted by Gasteiger charge is -2.42. The summed E-state index contributed by atoms with van der Waals surface area (Å²) in [5, 5.41) is 14.4. The fourth-order valence-electron chi connectivity index (χ4n) is 8.70. The molecule has 1 aromatic heterocycles. The first-order chi connectivity index (χ1) is 27.0. The van der Waals surface area contributed by atoms with E-state index >= 15 is 0 Å². The molecule has 3 aliphatic heterocycles. The van der Waals surface area contributed by atoms with E-state index in [2.05, 4.69) is 34.4 Å². The number of likely N-dealkylation sites (tertiary alicyclic amines) is 1. The Hall–Kier alpha value is -4.53. The molecule has 57 heavy (non-hydrogen) atoms. The second-order valence-electron chi connectivity index (χ2n) is 16.0. The predicted octanol–water partition coefficient (Wildman–Crippen LogP) is 6.39. The monoisotopic (exact) mass is 811 g/mol. The highest BCUT2D eigenvalue weighted by atomic mass is 32.2. The van der Waals surface area contributed by atoms with Crippen molar-refractivity contribution in [2.45, 2.75) is 132 Å². The Morgan fingerprint density at radius 1 is 1.05 bits per heavy atom. The van der Waals surface area contributed by atoms with Gasteiger partial charge in [0.2, 0.25) is 17.7 Å². The minimum absolute atomic E-state index is 0.00824. The number of anilines is 1. The zero-order valence-electron chi connectivity index (χ0n) is 32.4. The number of carbonyl (C=O) groups is 5. The highest BCUT2D eigenvalue weighted by molar-refractivity contribution is 7.98. The maximum atomic E-state index is 13.6. The van der Waals surface area contributed by atoms with Crippen molar-refractivity contribution in [2.75, 3.05) is 18.5 Å². The third-order valence-electron chi connectivity index (χ3n) is 11.7. The highest BCUT2D eigenvalue weighted by Crippen LogP contribution is 2.42. The number of hydrogen-bond acceptors (Lipinski definition) is 10. The third-order valence-corrected chi connectivity index (χ3v) is 12.6. The summed E-state index contributed by atoms with van der Waals surface area (Å²) in [7, 11) is 0. The van der Waals surface area contributed by atoms with Gasteiger partial charge in [-0.05, 0) is 127 Å². The molecule has 3 atom stereocenters. The van der Waals surface area contributed by atoms with E-state index in [-0.39, 0.29) is 59.8 Å². The molecule has 2 N–H and O–H groups in total. The van der Waals surface area contributed by atoms with E-state index in [0.29, 0.717) is 68.0 Å². The van der Waals surface area contributed by atoms with Gasteiger partial charge in [-0.3, -0.25) is 34.4 Å². The molecule has 0 radical (unpaired) electrons. The maximum absolute atomic E-state index is 13.6. The molecule has 3 saturated heterocycles. The Bertz CT molecular complexity index is 1900. The molecule has 0 bridgehead atoms. The van der Waals surface area contributed by atoms with Crippen LogP contribution < -0.4 is 10.6 Å². The number of rotatable bonds is 11. The molecule has 4 fully saturated rings. The van der Waals surface area contributed by atoms with Gasteiger partial charge in [0, 0.05) is 36.0 Å². The van der Waals surface area contributed by atoms with Crippen LogP contribution in [0.5, 0.6) is 0 Å². The quantitative estimate of drug-likeness (QED) is 0.148. The van der Waals surface area contributed by atoms with E-state index in [1.165, 1.54) is 18.3 Å². The first-order valence-corrected chi connectivity index (χ1v) is 20.2. The number of halogens is 3. The number of aromatic nitrogens is 1. The molecule has 4 aliphatic rings. The number of urea groups is 1. The number of carbonyl (C=O) groups excluding carboxylic acids is 5. The Morgan fingerprint density at radius 2 is 1.75 bits per heavy atom. The first kappa shape index (κ1) is 42.1. The smallest absolute Gasteiger partial charge is 0.378 e. The van der Waals surface area contributed by atoms with Crippen LogP contribution in [0, 0.1) is 17.2 Å². The summed E-state index contributed by atoms with van der Waals surface area (Å²) in [6.07, 6.45) is 2.81. The van der Waals surface area contributed by atoms with E-state index < -0.39 is 40.7 Å². The van der Waals surface area contributed by atoms with Crippen molar-refractivity contribution in [2.24, 2.45) is 5.92 Å². The van der Waals surface area contributed by atoms with Crippen LogP contribution in [0.15, 0.2) is 41.4 Å². The van der Waals surface area contributed by atoms with Gasteiger partial charge in [-0.15, -0.1) is 0 Å². The largest absolute Gasteiger partial charge is 0.417 e. The second-order valence-corrected chi connectivity index (χ2v) is 17.1. The summed E-state index contributed by atoms with van der Waals surface area (Å²) < 4.78 is 47.9. The number of imide groups is 2. The van der Waals surface area contributed by atoms with Crippen molar-refractivity contribution in [1.82, 2.24) is 24.4 Å². The zero-order chi connectivity index (χ0) is 41.2. The van der Waals surface area contributed by atoms with Gasteiger partial charge in [0.25, 0.3) is 5.91 Å². The molecule has 6 rings (SSSR count). The van der Waals surface area contributed by atoms with Crippen molar-refractivity contribution in [3.8, 4) is 6.07 Å². The molecule has 1 aromatic carbocycles. The van der Waals surface area contributed by atoms with Crippen LogP contribution in [-0.2, 0) is 30.1 Å². The minimum Gasteiger partial charge on any atom is -0.378 e. The number of benzene rings is 1. The normalized spacial score (nSPS) is 27.0. The maximum Gasteiger partial charge on any atom is 0.417 e. The number of nitrogens with zero attached hydrogens (tertiary/aromatic N) is 5. The molecule has 6 amide bonds. The van der Waals surface area contributed by atoms with Crippen molar-refractivity contribution in [3.05, 3.63) is 53.3 Å². The topological polar surface area (TPSA) is 165 Å². The van der Waals surface area contributed by atoms with Crippen LogP contribution in [0.3, 0.4) is 0 Å². The van der Waals surface area contributed by atoms with Crippen molar-refractivity contribution < 1.29 is 41.9 Å². The van der Waals surface area contributed by atoms with Gasteiger partial charge < -0.3 is 15.0 Å². The number of amides is 6. The number of piperidine rings is 2. The van der Waals surface area contributed by atoms with Crippen molar-refractivity contribution >= 4 is 47.3 Å². The first-order valence-electron chi connectivity index (χ1n) is 19.4. The lowest BCUT2D eigenvalue weighted by molar-refractivity contribution is -0.138. The van der Waals surface area contributed by atoms with Crippen LogP contribution >= 0.6 is 11.9 Å². The number of nitrogens with one attached hydrogen (secondary N) is 2. The van der Waals surface area contributed by atoms with E-state index in [4.69, 9.17) is 10.00 Å². The molecule has 3 unspecified atom stereocenters. The van der Waals surface area contributed by atoms with Gasteiger partial charge in [-0.2, -0.15) is 22.7 Å². The number of alkyl halides is 3. The lowest BCUT2D eigenvalue weighted by Crippen LogP contribution is -2.51. The van der Waals surface area contributed by atoms with E-state index in [1.807, 2.05) is 0 Å². The fourth-order valence-corrected chi connectivity index (χ4v) is 9.68. The van der Waals surface area contributed by atoms with Crippen LogP contribution in [0.4, 0.5) is 23.7 Å². The van der Waals surface area contributed by atoms with E-state index in [0.717, 1.165) is 35.7 Å². The van der Waals surface area contributed by atoms with E-state index in [1.54, 1.807) is 30.9 Å².